The number of hydrogen-bond donors (Lipinski definition) is 1. The van der Waals surface area contributed by atoms with Gasteiger partial charge in [0.1, 0.15) is 5.75 Å². The van der Waals surface area contributed by atoms with Crippen LogP contribution in [-0.4, -0.2) is 48.6 Å². The number of methoxy groups -OCH3 is 1. The third-order valence-corrected chi connectivity index (χ3v) is 6.00. The van der Waals surface area contributed by atoms with Gasteiger partial charge in [-0.2, -0.15) is 0 Å². The molecule has 1 aliphatic rings. The molecule has 1 saturated heterocycles. The molecule has 0 bridgehead atoms. The fourth-order valence-electron chi connectivity index (χ4n) is 3.63. The van der Waals surface area contributed by atoms with Gasteiger partial charge in [-0.1, -0.05) is 31.2 Å². The summed E-state index contributed by atoms with van der Waals surface area (Å²) in [4.78, 5) is 17.6. The van der Waals surface area contributed by atoms with E-state index in [1.54, 1.807) is 7.11 Å². The highest BCUT2D eigenvalue weighted by Crippen LogP contribution is 2.25. The van der Waals surface area contributed by atoms with Crippen LogP contribution in [0.2, 0.25) is 0 Å². The van der Waals surface area contributed by atoms with Crippen molar-refractivity contribution < 1.29 is 9.53 Å². The second-order valence-electron chi connectivity index (χ2n) is 7.05. The molecule has 1 heterocycles. The van der Waals surface area contributed by atoms with Crippen LogP contribution >= 0.6 is 15.9 Å². The van der Waals surface area contributed by atoms with E-state index in [1.165, 1.54) is 0 Å². The summed E-state index contributed by atoms with van der Waals surface area (Å²) >= 11 is 3.52. The lowest BCUT2D eigenvalue weighted by Crippen LogP contribution is -2.48. The van der Waals surface area contributed by atoms with Gasteiger partial charge in [0.25, 0.3) is 0 Å². The van der Waals surface area contributed by atoms with Crippen LogP contribution < -0.4 is 10.1 Å². The highest BCUT2D eigenvalue weighted by atomic mass is 79.9. The summed E-state index contributed by atoms with van der Waals surface area (Å²) < 4.78 is 6.23. The van der Waals surface area contributed by atoms with E-state index in [2.05, 4.69) is 33.1 Å². The van der Waals surface area contributed by atoms with Crippen molar-refractivity contribution in [3.05, 3.63) is 58.6 Å². The number of nitrogens with zero attached hydrogens (tertiary/aromatic N) is 2. The van der Waals surface area contributed by atoms with Gasteiger partial charge in [-0.05, 0) is 65.1 Å². The highest BCUT2D eigenvalue weighted by Gasteiger charge is 2.28. The first-order chi connectivity index (χ1) is 13.6. The van der Waals surface area contributed by atoms with Crippen LogP contribution in [-0.2, 0) is 6.54 Å². The lowest BCUT2D eigenvalue weighted by Gasteiger charge is -2.38. The Morgan fingerprint density at radius 2 is 1.96 bits per heavy atom. The number of carbonyl (C=O) groups is 1. The fraction of sp³-hybridized carbons (Fsp3) is 0.409. The molecule has 0 aromatic heterocycles. The maximum atomic E-state index is 13.2. The molecule has 1 fully saturated rings. The number of amides is 2. The van der Waals surface area contributed by atoms with Crippen LogP contribution in [0.25, 0.3) is 0 Å². The molecular weight excluding hydrogens is 418 g/mol. The number of halogens is 1. The van der Waals surface area contributed by atoms with Crippen LogP contribution in [0.3, 0.4) is 0 Å². The molecule has 0 saturated carbocycles. The van der Waals surface area contributed by atoms with Crippen molar-refractivity contribution in [2.75, 3.05) is 32.1 Å². The number of likely N-dealkylation sites (tertiary alicyclic amines) is 1. The summed E-state index contributed by atoms with van der Waals surface area (Å²) in [6, 6.07) is 15.8. The van der Waals surface area contributed by atoms with Gasteiger partial charge in [0, 0.05) is 30.1 Å². The zero-order valence-corrected chi connectivity index (χ0v) is 18.1. The van der Waals surface area contributed by atoms with Gasteiger partial charge < -0.3 is 19.9 Å². The molecule has 5 nitrogen and oxygen atoms in total. The molecule has 0 atom stereocenters. The second kappa shape index (κ2) is 9.94. The Morgan fingerprint density at radius 1 is 1.21 bits per heavy atom. The van der Waals surface area contributed by atoms with Crippen molar-refractivity contribution in [3.8, 4) is 5.75 Å². The molecule has 0 radical (unpaired) electrons. The van der Waals surface area contributed by atoms with E-state index in [0.717, 1.165) is 53.9 Å². The monoisotopic (exact) mass is 445 g/mol. The van der Waals surface area contributed by atoms with E-state index in [4.69, 9.17) is 4.74 Å². The third kappa shape index (κ3) is 5.26. The minimum absolute atomic E-state index is 0.0651. The van der Waals surface area contributed by atoms with Gasteiger partial charge in [0.2, 0.25) is 0 Å². The van der Waals surface area contributed by atoms with Crippen molar-refractivity contribution >= 4 is 27.6 Å². The third-order valence-electron chi connectivity index (χ3n) is 5.31. The Labute approximate surface area is 175 Å². The molecule has 6 heteroatoms. The number of para-hydroxylation sites is 1. The molecule has 0 spiro atoms. The molecule has 28 heavy (non-hydrogen) atoms. The molecule has 3 rings (SSSR count). The fourth-order valence-corrected chi connectivity index (χ4v) is 4.01. The number of hydrogen-bond acceptors (Lipinski definition) is 3. The van der Waals surface area contributed by atoms with Gasteiger partial charge in [0.15, 0.2) is 0 Å². The molecular formula is C22H28BrN3O2. The van der Waals surface area contributed by atoms with E-state index in [-0.39, 0.29) is 12.1 Å². The number of carbonyl (C=O) groups excluding carboxylic acids is 1. The minimum atomic E-state index is -0.0651. The summed E-state index contributed by atoms with van der Waals surface area (Å²) in [7, 11) is 1.66. The van der Waals surface area contributed by atoms with E-state index in [1.807, 2.05) is 53.4 Å². The predicted molar refractivity (Wildman–Crippen MR) is 117 cm³/mol. The summed E-state index contributed by atoms with van der Waals surface area (Å²) in [5.74, 6) is 0.810. The summed E-state index contributed by atoms with van der Waals surface area (Å²) in [6.07, 6.45) is 1.97. The lowest BCUT2D eigenvalue weighted by molar-refractivity contribution is 0.126. The summed E-state index contributed by atoms with van der Waals surface area (Å²) in [6.45, 7) is 5.86. The Kier molecular flexibility index (Phi) is 7.34. The first kappa shape index (κ1) is 20.7. The van der Waals surface area contributed by atoms with E-state index in [0.29, 0.717) is 6.54 Å². The summed E-state index contributed by atoms with van der Waals surface area (Å²) in [5.41, 5.74) is 1.86. The molecule has 150 valence electrons. The largest absolute Gasteiger partial charge is 0.497 e. The maximum absolute atomic E-state index is 13.2. The first-order valence-corrected chi connectivity index (χ1v) is 10.6. The van der Waals surface area contributed by atoms with Crippen LogP contribution in [0, 0.1) is 0 Å². The van der Waals surface area contributed by atoms with Crippen molar-refractivity contribution in [1.29, 1.82) is 0 Å². The number of ether oxygens (including phenoxy) is 1. The van der Waals surface area contributed by atoms with Crippen LogP contribution in [0.1, 0.15) is 25.3 Å². The maximum Gasteiger partial charge on any atom is 0.322 e. The molecule has 1 aliphatic heterocycles. The van der Waals surface area contributed by atoms with Gasteiger partial charge in [0.05, 0.1) is 12.8 Å². The lowest BCUT2D eigenvalue weighted by atomic mass is 10.0. The predicted octanol–water partition coefficient (Wildman–Crippen LogP) is 4.98. The minimum Gasteiger partial charge on any atom is -0.497 e. The number of rotatable bonds is 6. The van der Waals surface area contributed by atoms with Gasteiger partial charge in [-0.3, -0.25) is 0 Å². The SMILES string of the molecule is CCN1CCC(N(Cc2cccc(OC)c2)C(=O)Nc2ccccc2Br)CC1. The average Bonchev–Trinajstić information content (AvgIpc) is 2.74. The smallest absolute Gasteiger partial charge is 0.322 e. The van der Waals surface area contributed by atoms with E-state index >= 15 is 0 Å². The number of piperidine rings is 1. The molecule has 1 N–H and O–H groups in total. The first-order valence-electron chi connectivity index (χ1n) is 9.78. The standard InChI is InChI=1S/C22H28BrN3O2/c1-3-25-13-11-18(12-14-25)26(16-17-7-6-8-19(15-17)28-2)22(27)24-21-10-5-4-9-20(21)23/h4-10,15,18H,3,11-14,16H2,1-2H3,(H,24,27). The molecule has 0 unspecified atom stereocenters. The Morgan fingerprint density at radius 3 is 2.64 bits per heavy atom. The van der Waals surface area contributed by atoms with Crippen LogP contribution in [0.5, 0.6) is 5.75 Å². The zero-order valence-electron chi connectivity index (χ0n) is 16.5. The average molecular weight is 446 g/mol. The van der Waals surface area contributed by atoms with E-state index < -0.39 is 0 Å². The molecule has 2 aromatic carbocycles. The van der Waals surface area contributed by atoms with Crippen molar-refractivity contribution in [2.45, 2.75) is 32.4 Å². The van der Waals surface area contributed by atoms with Crippen LogP contribution in [0.15, 0.2) is 53.0 Å². The quantitative estimate of drug-likeness (QED) is 0.681. The van der Waals surface area contributed by atoms with Gasteiger partial charge in [-0.15, -0.1) is 0 Å². The number of benzene rings is 2. The van der Waals surface area contributed by atoms with Gasteiger partial charge in [-0.25, -0.2) is 4.79 Å². The molecule has 0 aliphatic carbocycles. The van der Waals surface area contributed by atoms with E-state index in [9.17, 15) is 4.79 Å². The molecule has 2 aromatic rings. The molecule has 2 amide bonds. The van der Waals surface area contributed by atoms with Crippen LogP contribution in [0.4, 0.5) is 10.5 Å². The normalized spacial score (nSPS) is 15.2. The van der Waals surface area contributed by atoms with Crippen molar-refractivity contribution in [3.63, 3.8) is 0 Å². The Hall–Kier alpha value is -2.05. The Balaban J connectivity index is 1.79. The number of urea groups is 1. The highest BCUT2D eigenvalue weighted by molar-refractivity contribution is 9.10. The Bertz CT molecular complexity index is 791. The van der Waals surface area contributed by atoms with Crippen molar-refractivity contribution in [1.82, 2.24) is 9.80 Å². The number of nitrogens with one attached hydrogen (secondary N) is 1. The zero-order chi connectivity index (χ0) is 19.9. The summed E-state index contributed by atoms with van der Waals surface area (Å²) in [5, 5.41) is 3.08. The van der Waals surface area contributed by atoms with Gasteiger partial charge >= 0.3 is 6.03 Å². The second-order valence-corrected chi connectivity index (χ2v) is 7.91. The topological polar surface area (TPSA) is 44.8 Å². The van der Waals surface area contributed by atoms with Crippen molar-refractivity contribution in [2.24, 2.45) is 0 Å². The number of anilines is 1.